The molecule has 0 aliphatic heterocycles. The lowest BCUT2D eigenvalue weighted by Gasteiger charge is -2.08. The normalized spacial score (nSPS) is 10.3. The second-order valence-corrected chi connectivity index (χ2v) is 4.44. The Morgan fingerprint density at radius 3 is 3.06 bits per heavy atom. The molecule has 4 heteroatoms. The van der Waals surface area contributed by atoms with Crippen LogP contribution in [0.5, 0.6) is 5.88 Å². The highest BCUT2D eigenvalue weighted by Gasteiger charge is 2.04. The summed E-state index contributed by atoms with van der Waals surface area (Å²) in [7, 11) is 0. The molecule has 1 rings (SSSR count). The van der Waals surface area contributed by atoms with Gasteiger partial charge in [-0.1, -0.05) is 24.6 Å². The number of rotatable bonds is 9. The van der Waals surface area contributed by atoms with Crippen molar-refractivity contribution in [3.63, 3.8) is 0 Å². The molecule has 100 valence electrons. The van der Waals surface area contributed by atoms with Crippen LogP contribution in [0, 0.1) is 0 Å². The summed E-state index contributed by atoms with van der Waals surface area (Å²) < 4.78 is 5.56. The summed E-state index contributed by atoms with van der Waals surface area (Å²) in [5.41, 5.74) is 0.839. The van der Waals surface area contributed by atoms with Gasteiger partial charge >= 0.3 is 0 Å². The van der Waals surface area contributed by atoms with Crippen LogP contribution >= 0.6 is 11.6 Å². The maximum absolute atomic E-state index is 6.09. The molecule has 0 saturated carbocycles. The van der Waals surface area contributed by atoms with Crippen molar-refractivity contribution in [1.82, 2.24) is 10.3 Å². The van der Waals surface area contributed by atoms with Crippen molar-refractivity contribution < 1.29 is 4.74 Å². The molecule has 1 aromatic rings. The number of ether oxygens (including phenoxy) is 1. The predicted molar refractivity (Wildman–Crippen MR) is 76.2 cm³/mol. The summed E-state index contributed by atoms with van der Waals surface area (Å²) in [6.45, 7) is 8.10. The van der Waals surface area contributed by atoms with E-state index >= 15 is 0 Å². The minimum Gasteiger partial charge on any atom is -0.478 e. The largest absolute Gasteiger partial charge is 0.478 e. The van der Waals surface area contributed by atoms with E-state index in [2.05, 4.69) is 23.8 Å². The van der Waals surface area contributed by atoms with E-state index in [0.717, 1.165) is 31.5 Å². The van der Waals surface area contributed by atoms with Crippen molar-refractivity contribution in [2.45, 2.75) is 32.7 Å². The van der Waals surface area contributed by atoms with Gasteiger partial charge in [0.25, 0.3) is 0 Å². The third-order valence-electron chi connectivity index (χ3n) is 2.41. The van der Waals surface area contributed by atoms with Crippen LogP contribution < -0.4 is 10.1 Å². The molecule has 0 aliphatic carbocycles. The molecule has 3 nitrogen and oxygen atoms in total. The summed E-state index contributed by atoms with van der Waals surface area (Å²) >= 11 is 6.09. The Morgan fingerprint density at radius 1 is 1.50 bits per heavy atom. The predicted octanol–water partition coefficient (Wildman–Crippen LogP) is 3.58. The van der Waals surface area contributed by atoms with Gasteiger partial charge in [0.1, 0.15) is 0 Å². The standard InChI is InChI=1S/C14H21ClN2O/c1-3-5-6-10-18-14-8-7-12(15)13(17-14)11-16-9-4-2/h3,7-8,16H,1,4-6,9-11H2,2H3. The molecule has 0 aromatic carbocycles. The molecular weight excluding hydrogens is 248 g/mol. The van der Waals surface area contributed by atoms with E-state index in [1.54, 1.807) is 6.07 Å². The zero-order chi connectivity index (χ0) is 13.2. The van der Waals surface area contributed by atoms with Gasteiger partial charge in [0, 0.05) is 12.6 Å². The van der Waals surface area contributed by atoms with E-state index in [9.17, 15) is 0 Å². The molecular formula is C14H21ClN2O. The van der Waals surface area contributed by atoms with Gasteiger partial charge in [-0.05, 0) is 31.9 Å². The van der Waals surface area contributed by atoms with Crippen molar-refractivity contribution in [3.05, 3.63) is 35.5 Å². The molecule has 0 unspecified atom stereocenters. The number of pyridine rings is 1. The molecule has 18 heavy (non-hydrogen) atoms. The third-order valence-corrected chi connectivity index (χ3v) is 2.76. The van der Waals surface area contributed by atoms with Gasteiger partial charge in [0.05, 0.1) is 17.3 Å². The van der Waals surface area contributed by atoms with Crippen LogP contribution in [0.25, 0.3) is 0 Å². The highest BCUT2D eigenvalue weighted by Crippen LogP contribution is 2.18. The fourth-order valence-corrected chi connectivity index (χ4v) is 1.63. The molecule has 0 fully saturated rings. The Hall–Kier alpha value is -1.06. The van der Waals surface area contributed by atoms with Crippen molar-refractivity contribution in [1.29, 1.82) is 0 Å². The Kier molecular flexibility index (Phi) is 7.46. The van der Waals surface area contributed by atoms with Crippen molar-refractivity contribution in [2.24, 2.45) is 0 Å². The minimum absolute atomic E-state index is 0.636. The van der Waals surface area contributed by atoms with Crippen molar-refractivity contribution in [3.8, 4) is 5.88 Å². The number of hydrogen-bond donors (Lipinski definition) is 1. The van der Waals surface area contributed by atoms with E-state index in [1.807, 2.05) is 12.1 Å². The second kappa shape index (κ2) is 8.95. The van der Waals surface area contributed by atoms with Gasteiger partial charge in [-0.3, -0.25) is 0 Å². The lowest BCUT2D eigenvalue weighted by Crippen LogP contribution is -2.15. The Bertz CT molecular complexity index is 369. The van der Waals surface area contributed by atoms with Crippen molar-refractivity contribution >= 4 is 11.6 Å². The van der Waals surface area contributed by atoms with Crippen molar-refractivity contribution in [2.75, 3.05) is 13.2 Å². The number of aromatic nitrogens is 1. The topological polar surface area (TPSA) is 34.1 Å². The first-order valence-corrected chi connectivity index (χ1v) is 6.75. The third kappa shape index (κ3) is 5.52. The van der Waals surface area contributed by atoms with Gasteiger partial charge in [-0.15, -0.1) is 6.58 Å². The van der Waals surface area contributed by atoms with Gasteiger partial charge in [0.15, 0.2) is 0 Å². The zero-order valence-corrected chi connectivity index (χ0v) is 11.7. The Balaban J connectivity index is 2.48. The smallest absolute Gasteiger partial charge is 0.213 e. The molecule has 1 heterocycles. The van der Waals surface area contributed by atoms with Crippen LogP contribution in [-0.4, -0.2) is 18.1 Å². The number of halogens is 1. The first-order chi connectivity index (χ1) is 8.77. The molecule has 0 amide bonds. The molecule has 0 spiro atoms. The molecule has 0 aliphatic rings. The monoisotopic (exact) mass is 268 g/mol. The van der Waals surface area contributed by atoms with Crippen LogP contribution in [0.15, 0.2) is 24.8 Å². The number of unbranched alkanes of at least 4 members (excludes halogenated alkanes) is 1. The maximum atomic E-state index is 6.09. The fraction of sp³-hybridized carbons (Fsp3) is 0.500. The van der Waals surface area contributed by atoms with E-state index in [1.165, 1.54) is 0 Å². The maximum Gasteiger partial charge on any atom is 0.213 e. The average molecular weight is 269 g/mol. The molecule has 1 N–H and O–H groups in total. The zero-order valence-electron chi connectivity index (χ0n) is 10.9. The van der Waals surface area contributed by atoms with Crippen LogP contribution in [0.1, 0.15) is 31.9 Å². The summed E-state index contributed by atoms with van der Waals surface area (Å²) in [6.07, 6.45) is 4.89. The SMILES string of the molecule is C=CCCCOc1ccc(Cl)c(CNCCC)n1. The second-order valence-electron chi connectivity index (χ2n) is 4.03. The van der Waals surface area contributed by atoms with Crippen LogP contribution in [-0.2, 0) is 6.54 Å². The Morgan fingerprint density at radius 2 is 2.33 bits per heavy atom. The highest BCUT2D eigenvalue weighted by atomic mass is 35.5. The summed E-state index contributed by atoms with van der Waals surface area (Å²) in [5.74, 6) is 0.636. The van der Waals surface area contributed by atoms with E-state index in [-0.39, 0.29) is 0 Å². The number of allylic oxidation sites excluding steroid dienone is 1. The molecule has 1 aromatic heterocycles. The van der Waals surface area contributed by atoms with E-state index < -0.39 is 0 Å². The average Bonchev–Trinajstić information content (AvgIpc) is 2.38. The first kappa shape index (κ1) is 15.0. The number of nitrogens with zero attached hydrogens (tertiary/aromatic N) is 1. The minimum atomic E-state index is 0.636. The summed E-state index contributed by atoms with van der Waals surface area (Å²) in [4.78, 5) is 4.40. The summed E-state index contributed by atoms with van der Waals surface area (Å²) in [6, 6.07) is 3.64. The van der Waals surface area contributed by atoms with Crippen LogP contribution in [0.4, 0.5) is 0 Å². The van der Waals surface area contributed by atoms with Gasteiger partial charge < -0.3 is 10.1 Å². The quantitative estimate of drug-likeness (QED) is 0.549. The van der Waals surface area contributed by atoms with Gasteiger partial charge in [0.2, 0.25) is 5.88 Å². The molecule has 0 saturated heterocycles. The van der Waals surface area contributed by atoms with Gasteiger partial charge in [-0.25, -0.2) is 4.98 Å². The highest BCUT2D eigenvalue weighted by molar-refractivity contribution is 6.31. The van der Waals surface area contributed by atoms with Crippen LogP contribution in [0.3, 0.4) is 0 Å². The lowest BCUT2D eigenvalue weighted by molar-refractivity contribution is 0.299. The number of nitrogens with one attached hydrogen (secondary N) is 1. The molecule has 0 radical (unpaired) electrons. The van der Waals surface area contributed by atoms with Crippen LogP contribution in [0.2, 0.25) is 5.02 Å². The first-order valence-electron chi connectivity index (χ1n) is 6.37. The molecule has 0 bridgehead atoms. The fourth-order valence-electron chi connectivity index (χ4n) is 1.46. The lowest BCUT2D eigenvalue weighted by atomic mass is 10.3. The van der Waals surface area contributed by atoms with Gasteiger partial charge in [-0.2, -0.15) is 0 Å². The van der Waals surface area contributed by atoms with E-state index in [4.69, 9.17) is 16.3 Å². The van der Waals surface area contributed by atoms with E-state index in [0.29, 0.717) is 24.1 Å². The molecule has 0 atom stereocenters. The Labute approximate surface area is 114 Å². The summed E-state index contributed by atoms with van der Waals surface area (Å²) in [5, 5.41) is 3.96. The number of hydrogen-bond acceptors (Lipinski definition) is 3.